The van der Waals surface area contributed by atoms with Crippen molar-refractivity contribution in [1.82, 2.24) is 5.32 Å². The number of benzene rings is 2. The Hall–Kier alpha value is -1.73. The molecular weight excluding hydrogens is 410 g/mol. The van der Waals surface area contributed by atoms with Gasteiger partial charge in [-0.1, -0.05) is 90.1 Å². The Morgan fingerprint density at radius 2 is 1.19 bits per heavy atom. The minimum atomic E-state index is -4.73. The van der Waals surface area contributed by atoms with Crippen molar-refractivity contribution in [2.45, 2.75) is 76.9 Å². The molecule has 1 heterocycles. The summed E-state index contributed by atoms with van der Waals surface area (Å²) in [4.78, 5) is 0. The van der Waals surface area contributed by atoms with Crippen LogP contribution in [0, 0.1) is 0 Å². The Labute approximate surface area is 187 Å². The molecule has 0 aliphatic carbocycles. The molecule has 2 aromatic carbocycles. The Bertz CT molecular complexity index is 934. The van der Waals surface area contributed by atoms with Crippen molar-refractivity contribution in [3.63, 3.8) is 0 Å². The maximum absolute atomic E-state index is 12.1. The van der Waals surface area contributed by atoms with Crippen LogP contribution in [0.15, 0.2) is 48.5 Å². The van der Waals surface area contributed by atoms with Gasteiger partial charge >= 0.3 is 10.4 Å². The first-order chi connectivity index (χ1) is 14.2. The van der Waals surface area contributed by atoms with Crippen LogP contribution in [0.1, 0.15) is 76.6 Å². The van der Waals surface area contributed by atoms with Gasteiger partial charge in [-0.05, 0) is 52.5 Å². The molecule has 0 bridgehead atoms. The fourth-order valence-corrected chi connectivity index (χ4v) is 5.00. The van der Waals surface area contributed by atoms with Crippen molar-refractivity contribution in [2.24, 2.45) is 0 Å². The zero-order valence-corrected chi connectivity index (χ0v) is 20.2. The summed E-state index contributed by atoms with van der Waals surface area (Å²) in [6.07, 6.45) is 1.64. The summed E-state index contributed by atoms with van der Waals surface area (Å²) in [5.74, 6) is 0. The standard InChI is InChI=1S/C25H35NO4S/c1-23(2,3)18-9-13-20(14-10-18)25(30-31(27,28)29,22-8-7-17-26-22)21-15-11-19(12-16-21)24(4,5)6/h9-16,22,26H,7-8,17H2,1-6H3,(H,27,28,29)/t22-/m0/s1. The summed E-state index contributed by atoms with van der Waals surface area (Å²) in [5.41, 5.74) is 2.23. The fourth-order valence-electron chi connectivity index (χ4n) is 4.36. The van der Waals surface area contributed by atoms with Gasteiger partial charge in [-0.15, -0.1) is 0 Å². The van der Waals surface area contributed by atoms with E-state index >= 15 is 0 Å². The molecule has 0 amide bonds. The lowest BCUT2D eigenvalue weighted by Gasteiger charge is -2.39. The third kappa shape index (κ3) is 5.20. The maximum atomic E-state index is 12.1. The van der Waals surface area contributed by atoms with Gasteiger partial charge in [0, 0.05) is 6.04 Å². The Morgan fingerprint density at radius 3 is 1.48 bits per heavy atom. The van der Waals surface area contributed by atoms with E-state index in [-0.39, 0.29) is 16.9 Å². The average molecular weight is 446 g/mol. The Morgan fingerprint density at radius 1 is 0.806 bits per heavy atom. The van der Waals surface area contributed by atoms with Crippen LogP contribution in [-0.4, -0.2) is 25.6 Å². The van der Waals surface area contributed by atoms with Crippen molar-refractivity contribution < 1.29 is 17.2 Å². The van der Waals surface area contributed by atoms with Gasteiger partial charge in [0.1, 0.15) is 0 Å². The van der Waals surface area contributed by atoms with Gasteiger partial charge in [-0.3, -0.25) is 4.55 Å². The van der Waals surface area contributed by atoms with Crippen LogP contribution in [0.25, 0.3) is 0 Å². The smallest absolute Gasteiger partial charge is 0.311 e. The molecule has 1 fully saturated rings. The summed E-state index contributed by atoms with van der Waals surface area (Å²) in [7, 11) is -4.73. The summed E-state index contributed by atoms with van der Waals surface area (Å²) in [6, 6.07) is 15.4. The monoisotopic (exact) mass is 445 g/mol. The number of hydrogen-bond acceptors (Lipinski definition) is 4. The minimum Gasteiger partial charge on any atom is -0.311 e. The largest absolute Gasteiger partial charge is 0.398 e. The van der Waals surface area contributed by atoms with Crippen LogP contribution < -0.4 is 5.32 Å². The second kappa shape index (κ2) is 8.32. The summed E-state index contributed by atoms with van der Waals surface area (Å²) in [6.45, 7) is 13.6. The highest BCUT2D eigenvalue weighted by Gasteiger charge is 2.48. The van der Waals surface area contributed by atoms with Crippen LogP contribution in [0.4, 0.5) is 0 Å². The van der Waals surface area contributed by atoms with Crippen molar-refractivity contribution >= 4 is 10.4 Å². The summed E-state index contributed by atoms with van der Waals surface area (Å²) in [5, 5.41) is 3.41. The predicted molar refractivity (Wildman–Crippen MR) is 125 cm³/mol. The third-order valence-corrected chi connectivity index (χ3v) is 6.62. The molecule has 0 unspecified atom stereocenters. The van der Waals surface area contributed by atoms with Gasteiger partial charge < -0.3 is 5.32 Å². The fraction of sp³-hybridized carbons (Fsp3) is 0.520. The minimum absolute atomic E-state index is 0.0366. The van der Waals surface area contributed by atoms with Gasteiger partial charge in [-0.25, -0.2) is 4.18 Å². The van der Waals surface area contributed by atoms with E-state index < -0.39 is 16.0 Å². The molecule has 170 valence electrons. The number of hydrogen-bond donors (Lipinski definition) is 2. The molecule has 31 heavy (non-hydrogen) atoms. The molecule has 3 rings (SSSR count). The summed E-state index contributed by atoms with van der Waals surface area (Å²) < 4.78 is 39.6. The predicted octanol–water partition coefficient (Wildman–Crippen LogP) is 5.10. The second-order valence-electron chi connectivity index (χ2n) is 10.6. The molecule has 2 N–H and O–H groups in total. The summed E-state index contributed by atoms with van der Waals surface area (Å²) >= 11 is 0. The van der Waals surface area contributed by atoms with E-state index in [1.54, 1.807) is 0 Å². The topological polar surface area (TPSA) is 75.6 Å². The second-order valence-corrected chi connectivity index (χ2v) is 11.6. The van der Waals surface area contributed by atoms with E-state index in [0.29, 0.717) is 11.1 Å². The first-order valence-corrected chi connectivity index (χ1v) is 12.2. The molecule has 5 nitrogen and oxygen atoms in total. The van der Waals surface area contributed by atoms with E-state index in [1.807, 2.05) is 48.5 Å². The van der Waals surface area contributed by atoms with Crippen molar-refractivity contribution in [1.29, 1.82) is 0 Å². The van der Waals surface area contributed by atoms with Crippen molar-refractivity contribution in [2.75, 3.05) is 6.54 Å². The van der Waals surface area contributed by atoms with Gasteiger partial charge in [0.2, 0.25) is 0 Å². The van der Waals surface area contributed by atoms with E-state index in [2.05, 4.69) is 46.9 Å². The lowest BCUT2D eigenvalue weighted by Crippen LogP contribution is -2.49. The lowest BCUT2D eigenvalue weighted by atomic mass is 9.77. The maximum Gasteiger partial charge on any atom is 0.398 e. The van der Waals surface area contributed by atoms with Crippen LogP contribution in [-0.2, 0) is 31.0 Å². The number of nitrogens with one attached hydrogen (secondary N) is 1. The molecule has 0 spiro atoms. The molecule has 0 radical (unpaired) electrons. The molecule has 1 saturated heterocycles. The van der Waals surface area contributed by atoms with Crippen LogP contribution in [0.5, 0.6) is 0 Å². The first kappa shape index (κ1) is 23.9. The molecule has 1 aliphatic heterocycles. The molecule has 0 saturated carbocycles. The van der Waals surface area contributed by atoms with Crippen LogP contribution >= 0.6 is 0 Å². The molecule has 1 aliphatic rings. The normalized spacial score (nSPS) is 18.4. The van der Waals surface area contributed by atoms with E-state index in [4.69, 9.17) is 4.18 Å². The molecule has 0 aromatic heterocycles. The Balaban J connectivity index is 2.23. The van der Waals surface area contributed by atoms with E-state index in [0.717, 1.165) is 30.5 Å². The molecular formula is C25H35NO4S. The highest BCUT2D eigenvalue weighted by Crippen LogP contribution is 2.42. The van der Waals surface area contributed by atoms with Crippen LogP contribution in [0.2, 0.25) is 0 Å². The SMILES string of the molecule is CC(C)(C)c1ccc(C(OS(=O)(=O)O)(c2ccc(C(C)(C)C)cc2)[C@@H]2CCCN2)cc1. The van der Waals surface area contributed by atoms with E-state index in [9.17, 15) is 13.0 Å². The van der Waals surface area contributed by atoms with Gasteiger partial charge in [0.05, 0.1) is 0 Å². The quantitative estimate of drug-likeness (QED) is 0.627. The molecule has 1 atom stereocenters. The van der Waals surface area contributed by atoms with Gasteiger partial charge in [0.25, 0.3) is 0 Å². The van der Waals surface area contributed by atoms with Gasteiger partial charge in [-0.2, -0.15) is 8.42 Å². The van der Waals surface area contributed by atoms with Crippen LogP contribution in [0.3, 0.4) is 0 Å². The zero-order chi connectivity index (χ0) is 23.1. The molecule has 6 heteroatoms. The highest BCUT2D eigenvalue weighted by molar-refractivity contribution is 7.80. The zero-order valence-electron chi connectivity index (χ0n) is 19.4. The first-order valence-electron chi connectivity index (χ1n) is 10.9. The van der Waals surface area contributed by atoms with Gasteiger partial charge in [0.15, 0.2) is 5.60 Å². The molecule has 2 aromatic rings. The average Bonchev–Trinajstić information content (AvgIpc) is 3.19. The number of rotatable bonds is 5. The lowest BCUT2D eigenvalue weighted by molar-refractivity contribution is 0.0649. The van der Waals surface area contributed by atoms with Crippen molar-refractivity contribution in [3.05, 3.63) is 70.8 Å². The van der Waals surface area contributed by atoms with Crippen molar-refractivity contribution in [3.8, 4) is 0 Å². The Kier molecular flexibility index (Phi) is 6.42. The third-order valence-electron chi connectivity index (χ3n) is 6.15. The highest BCUT2D eigenvalue weighted by atomic mass is 32.3. The van der Waals surface area contributed by atoms with E-state index in [1.165, 1.54) is 0 Å².